The number of carbonyl (C=O) groups is 2. The van der Waals surface area contributed by atoms with Crippen molar-refractivity contribution in [1.82, 2.24) is 29.9 Å². The maximum Gasteiger partial charge on any atom is 0.440 e. The Kier molecular flexibility index (Phi) is 9.54. The van der Waals surface area contributed by atoms with E-state index in [9.17, 15) is 14.2 Å². The van der Waals surface area contributed by atoms with E-state index < -0.39 is 19.7 Å². The number of nitrogens with one attached hydrogen (secondary N) is 2. The largest absolute Gasteiger partial charge is 0.468 e. The first-order valence-corrected chi connectivity index (χ1v) is 15.9. The highest BCUT2D eigenvalue weighted by Crippen LogP contribution is 2.48. The summed E-state index contributed by atoms with van der Waals surface area (Å²) in [5.41, 5.74) is 2.19. The summed E-state index contributed by atoms with van der Waals surface area (Å²) < 4.78 is 27.0. The molecule has 2 aromatic carbocycles. The predicted octanol–water partition coefficient (Wildman–Crippen LogP) is 5.69. The molecule has 0 aliphatic carbocycles. The molecule has 0 aliphatic rings. The van der Waals surface area contributed by atoms with Crippen LogP contribution in [-0.2, 0) is 14.1 Å². The van der Waals surface area contributed by atoms with E-state index in [-0.39, 0.29) is 11.7 Å². The maximum absolute atomic E-state index is 14.8. The molecule has 0 saturated carbocycles. The van der Waals surface area contributed by atoms with Crippen molar-refractivity contribution in [2.24, 2.45) is 0 Å². The van der Waals surface area contributed by atoms with E-state index in [0.29, 0.717) is 27.9 Å². The van der Waals surface area contributed by atoms with Gasteiger partial charge in [-0.2, -0.15) is 9.55 Å². The average Bonchev–Trinajstić information content (AvgIpc) is 3.42. The van der Waals surface area contributed by atoms with Gasteiger partial charge in [0.25, 0.3) is 5.91 Å². The van der Waals surface area contributed by atoms with Gasteiger partial charge < -0.3 is 14.6 Å². The molecule has 1 unspecified atom stereocenters. The molecule has 44 heavy (non-hydrogen) atoms. The standard InChI is InChI=1S/C31H29N6O5PS/c1-21(31(39)41-3)36-43(40,42-23-10-8-17-33-20-23)37-28-19-24(44-29-12-5-4-11-26(29)30(38)32-2)14-15-25(28)27(35-37)16-13-22-9-6-7-18-34-22/h4-21H,1-3H3,(H,32,38)(H,36,40)/b16-13+/t21-,43?/m0/s1. The fourth-order valence-corrected chi connectivity index (χ4v) is 7.14. The van der Waals surface area contributed by atoms with Crippen molar-refractivity contribution in [2.45, 2.75) is 22.8 Å². The number of hydrogen-bond donors (Lipinski definition) is 2. The lowest BCUT2D eigenvalue weighted by Crippen LogP contribution is -2.36. The van der Waals surface area contributed by atoms with Gasteiger partial charge in [0.2, 0.25) is 0 Å². The van der Waals surface area contributed by atoms with Gasteiger partial charge in [-0.25, -0.2) is 9.65 Å². The van der Waals surface area contributed by atoms with Gasteiger partial charge in [0.15, 0.2) is 0 Å². The molecule has 0 bridgehead atoms. The Bertz CT molecular complexity index is 1870. The Labute approximate surface area is 258 Å². The molecule has 0 fully saturated rings. The van der Waals surface area contributed by atoms with Crippen LogP contribution >= 0.6 is 19.4 Å². The Morgan fingerprint density at radius 1 is 1.02 bits per heavy atom. The predicted molar refractivity (Wildman–Crippen MR) is 169 cm³/mol. The van der Waals surface area contributed by atoms with Gasteiger partial charge >= 0.3 is 13.6 Å². The Hall–Kier alpha value is -4.77. The fraction of sp³-hybridized carbons (Fsp3) is 0.129. The second-order valence-corrected chi connectivity index (χ2v) is 12.4. The SMILES string of the molecule is CNC(=O)c1ccccc1Sc1ccc2c(/C=C/c3ccccn3)nn(P(=O)(N[C@@H](C)C(=O)OC)Oc3cccnc3)c2c1. The summed E-state index contributed by atoms with van der Waals surface area (Å²) in [6.45, 7) is 1.52. The van der Waals surface area contributed by atoms with Crippen molar-refractivity contribution in [1.29, 1.82) is 0 Å². The third-order valence-corrected chi connectivity index (χ3v) is 9.41. The number of amides is 1. The number of pyridine rings is 2. The van der Waals surface area contributed by atoms with E-state index in [1.165, 1.54) is 36.4 Å². The Morgan fingerprint density at radius 3 is 2.57 bits per heavy atom. The minimum atomic E-state index is -4.18. The topological polar surface area (TPSA) is 137 Å². The van der Waals surface area contributed by atoms with E-state index in [1.54, 1.807) is 55.9 Å². The molecule has 3 aromatic heterocycles. The Morgan fingerprint density at radius 2 is 1.84 bits per heavy atom. The number of methoxy groups -OCH3 is 1. The molecule has 224 valence electrons. The summed E-state index contributed by atoms with van der Waals surface area (Å²) in [6, 6.07) is 20.6. The van der Waals surface area contributed by atoms with Crippen LogP contribution in [0.4, 0.5) is 0 Å². The van der Waals surface area contributed by atoms with Crippen LogP contribution < -0.4 is 14.9 Å². The molecule has 1 amide bonds. The van der Waals surface area contributed by atoms with Crippen LogP contribution in [0, 0.1) is 0 Å². The molecule has 2 N–H and O–H groups in total. The fourth-order valence-electron chi connectivity index (χ4n) is 4.27. The number of carbonyl (C=O) groups excluding carboxylic acids is 2. The highest BCUT2D eigenvalue weighted by molar-refractivity contribution is 7.99. The van der Waals surface area contributed by atoms with Crippen molar-refractivity contribution in [3.05, 3.63) is 108 Å². The molecule has 0 aliphatic heterocycles. The van der Waals surface area contributed by atoms with Crippen molar-refractivity contribution in [3.8, 4) is 5.75 Å². The van der Waals surface area contributed by atoms with Gasteiger partial charge in [-0.05, 0) is 73.7 Å². The number of esters is 1. The molecular formula is C31H29N6O5PS. The zero-order valence-corrected chi connectivity index (χ0v) is 25.8. The normalized spacial score (nSPS) is 13.3. The number of rotatable bonds is 11. The van der Waals surface area contributed by atoms with Gasteiger partial charge in [-0.1, -0.05) is 30.0 Å². The first-order valence-electron chi connectivity index (χ1n) is 13.5. The van der Waals surface area contributed by atoms with E-state index in [2.05, 4.69) is 20.4 Å². The van der Waals surface area contributed by atoms with Crippen molar-refractivity contribution >= 4 is 54.4 Å². The molecule has 5 rings (SSSR count). The van der Waals surface area contributed by atoms with Crippen LogP contribution in [0.5, 0.6) is 5.75 Å². The highest BCUT2D eigenvalue weighted by atomic mass is 32.2. The van der Waals surface area contributed by atoms with E-state index in [1.807, 2.05) is 48.5 Å². The molecule has 5 aromatic rings. The van der Waals surface area contributed by atoms with Gasteiger partial charge in [-0.3, -0.25) is 19.6 Å². The quantitative estimate of drug-likeness (QED) is 0.139. The molecule has 2 atom stereocenters. The first kappa shape index (κ1) is 30.7. The summed E-state index contributed by atoms with van der Waals surface area (Å²) >= 11 is 1.37. The lowest BCUT2D eigenvalue weighted by atomic mass is 10.2. The second-order valence-electron chi connectivity index (χ2n) is 9.39. The third kappa shape index (κ3) is 6.89. The van der Waals surface area contributed by atoms with E-state index in [4.69, 9.17) is 14.4 Å². The number of nitrogens with zero attached hydrogens (tertiary/aromatic N) is 4. The second kappa shape index (κ2) is 13.7. The minimum absolute atomic E-state index is 0.208. The van der Waals surface area contributed by atoms with Crippen LogP contribution in [-0.4, -0.2) is 51.6 Å². The minimum Gasteiger partial charge on any atom is -0.468 e. The first-order chi connectivity index (χ1) is 21.3. The molecule has 0 radical (unpaired) electrons. The molecule has 13 heteroatoms. The Balaban J connectivity index is 1.66. The molecule has 3 heterocycles. The zero-order chi connectivity index (χ0) is 31.1. The summed E-state index contributed by atoms with van der Waals surface area (Å²) in [7, 11) is -1.35. The van der Waals surface area contributed by atoms with Gasteiger partial charge in [0, 0.05) is 34.6 Å². The summed E-state index contributed by atoms with van der Waals surface area (Å²) in [5, 5.41) is 10.9. The van der Waals surface area contributed by atoms with Crippen LogP contribution in [0.2, 0.25) is 0 Å². The van der Waals surface area contributed by atoms with E-state index >= 15 is 0 Å². The van der Waals surface area contributed by atoms with E-state index in [0.717, 1.165) is 9.79 Å². The smallest absolute Gasteiger partial charge is 0.440 e. The summed E-state index contributed by atoms with van der Waals surface area (Å²) in [6.07, 6.45) is 8.23. The van der Waals surface area contributed by atoms with Crippen LogP contribution in [0.25, 0.3) is 23.1 Å². The summed E-state index contributed by atoms with van der Waals surface area (Å²) in [5.74, 6) is -0.634. The summed E-state index contributed by atoms with van der Waals surface area (Å²) in [4.78, 5) is 34.8. The lowest BCUT2D eigenvalue weighted by molar-refractivity contribution is -0.142. The van der Waals surface area contributed by atoms with Gasteiger partial charge in [0.05, 0.1) is 35.8 Å². The maximum atomic E-state index is 14.8. The van der Waals surface area contributed by atoms with Crippen LogP contribution in [0.15, 0.2) is 101 Å². The number of aromatic nitrogens is 4. The lowest BCUT2D eigenvalue weighted by Gasteiger charge is -2.23. The average molecular weight is 629 g/mol. The zero-order valence-electron chi connectivity index (χ0n) is 24.1. The van der Waals surface area contributed by atoms with Crippen LogP contribution in [0.1, 0.15) is 28.7 Å². The van der Waals surface area contributed by atoms with Crippen LogP contribution in [0.3, 0.4) is 0 Å². The number of ether oxygens (including phenoxy) is 1. The number of benzene rings is 2. The van der Waals surface area contributed by atoms with Crippen molar-refractivity contribution < 1.29 is 23.4 Å². The molecule has 0 spiro atoms. The molecule has 0 saturated heterocycles. The van der Waals surface area contributed by atoms with Gasteiger partial charge in [-0.15, -0.1) is 0 Å². The number of fused-ring (bicyclic) bond motifs is 1. The van der Waals surface area contributed by atoms with Crippen molar-refractivity contribution in [2.75, 3.05) is 14.2 Å². The monoisotopic (exact) mass is 628 g/mol. The van der Waals surface area contributed by atoms with Crippen molar-refractivity contribution in [3.63, 3.8) is 0 Å². The molecular weight excluding hydrogens is 599 g/mol. The third-order valence-electron chi connectivity index (χ3n) is 6.37. The van der Waals surface area contributed by atoms with Gasteiger partial charge in [0.1, 0.15) is 11.8 Å². The number of hydrogen-bond acceptors (Lipinski definition) is 9. The highest BCUT2D eigenvalue weighted by Gasteiger charge is 2.36. The molecule has 11 nitrogen and oxygen atoms in total.